The summed E-state index contributed by atoms with van der Waals surface area (Å²) in [4.78, 5) is 11.2. The summed E-state index contributed by atoms with van der Waals surface area (Å²) >= 11 is 0. The standard InChI is InChI=1S/C15H24N2O2/c1-5-17-13(14(16)18)10-19-12-8-6-7-11(9-12)15(2,3)4/h6-9,13,17H,5,10H2,1-4H3,(H2,16,18). The Labute approximate surface area is 115 Å². The number of nitrogens with one attached hydrogen (secondary N) is 1. The van der Waals surface area contributed by atoms with Gasteiger partial charge in [-0.15, -0.1) is 0 Å². The molecule has 0 aliphatic carbocycles. The van der Waals surface area contributed by atoms with Crippen LogP contribution in [-0.4, -0.2) is 25.1 Å². The van der Waals surface area contributed by atoms with Crippen LogP contribution >= 0.6 is 0 Å². The second-order valence-corrected chi connectivity index (χ2v) is 5.60. The van der Waals surface area contributed by atoms with Crippen molar-refractivity contribution in [3.05, 3.63) is 29.8 Å². The molecule has 4 nitrogen and oxygen atoms in total. The summed E-state index contributed by atoms with van der Waals surface area (Å²) in [6.45, 7) is 9.30. The first-order chi connectivity index (χ1) is 8.84. The Morgan fingerprint density at radius 2 is 2.11 bits per heavy atom. The Morgan fingerprint density at radius 1 is 1.42 bits per heavy atom. The highest BCUT2D eigenvalue weighted by Crippen LogP contribution is 2.25. The summed E-state index contributed by atoms with van der Waals surface area (Å²) in [5, 5.41) is 3.00. The van der Waals surface area contributed by atoms with E-state index in [9.17, 15) is 4.79 Å². The van der Waals surface area contributed by atoms with Crippen molar-refractivity contribution in [3.8, 4) is 5.75 Å². The van der Waals surface area contributed by atoms with Crippen LogP contribution in [-0.2, 0) is 10.2 Å². The monoisotopic (exact) mass is 264 g/mol. The van der Waals surface area contributed by atoms with Crippen molar-refractivity contribution >= 4 is 5.91 Å². The van der Waals surface area contributed by atoms with Gasteiger partial charge in [-0.25, -0.2) is 0 Å². The fourth-order valence-corrected chi connectivity index (χ4v) is 1.72. The van der Waals surface area contributed by atoms with E-state index in [0.717, 1.165) is 5.75 Å². The van der Waals surface area contributed by atoms with Crippen LogP contribution in [0.4, 0.5) is 0 Å². The Kier molecular flexibility index (Phi) is 5.36. The molecule has 1 aromatic carbocycles. The maximum Gasteiger partial charge on any atom is 0.238 e. The predicted octanol–water partition coefficient (Wildman–Crippen LogP) is 1.83. The fourth-order valence-electron chi connectivity index (χ4n) is 1.72. The van der Waals surface area contributed by atoms with E-state index in [1.54, 1.807) is 0 Å². The van der Waals surface area contributed by atoms with E-state index in [-0.39, 0.29) is 12.0 Å². The fraction of sp³-hybridized carbons (Fsp3) is 0.533. The average molecular weight is 264 g/mol. The number of nitrogens with two attached hydrogens (primary N) is 1. The van der Waals surface area contributed by atoms with Gasteiger partial charge < -0.3 is 15.8 Å². The summed E-state index contributed by atoms with van der Waals surface area (Å²) < 4.78 is 5.65. The number of hydrogen-bond acceptors (Lipinski definition) is 3. The first-order valence-electron chi connectivity index (χ1n) is 6.60. The molecule has 1 amide bonds. The third-order valence-corrected chi connectivity index (χ3v) is 2.91. The van der Waals surface area contributed by atoms with E-state index in [1.807, 2.05) is 25.1 Å². The molecule has 0 radical (unpaired) electrons. The Hall–Kier alpha value is -1.55. The lowest BCUT2D eigenvalue weighted by molar-refractivity contribution is -0.120. The van der Waals surface area contributed by atoms with E-state index in [0.29, 0.717) is 6.54 Å². The lowest BCUT2D eigenvalue weighted by atomic mass is 9.87. The highest BCUT2D eigenvalue weighted by Gasteiger charge is 2.16. The minimum absolute atomic E-state index is 0.0735. The van der Waals surface area contributed by atoms with Gasteiger partial charge in [0.15, 0.2) is 0 Å². The van der Waals surface area contributed by atoms with Crippen molar-refractivity contribution in [1.29, 1.82) is 0 Å². The number of primary amides is 1. The zero-order valence-electron chi connectivity index (χ0n) is 12.2. The van der Waals surface area contributed by atoms with Crippen LogP contribution in [0.25, 0.3) is 0 Å². The lowest BCUT2D eigenvalue weighted by Crippen LogP contribution is -2.45. The van der Waals surface area contributed by atoms with E-state index >= 15 is 0 Å². The quantitative estimate of drug-likeness (QED) is 0.824. The van der Waals surface area contributed by atoms with Gasteiger partial charge in [-0.3, -0.25) is 4.79 Å². The van der Waals surface area contributed by atoms with Gasteiger partial charge in [0.25, 0.3) is 0 Å². The van der Waals surface area contributed by atoms with Crippen molar-refractivity contribution in [1.82, 2.24) is 5.32 Å². The first-order valence-corrected chi connectivity index (χ1v) is 6.60. The second-order valence-electron chi connectivity index (χ2n) is 5.60. The van der Waals surface area contributed by atoms with E-state index in [2.05, 4.69) is 32.2 Å². The maximum absolute atomic E-state index is 11.2. The van der Waals surface area contributed by atoms with Crippen LogP contribution in [0.1, 0.15) is 33.3 Å². The van der Waals surface area contributed by atoms with Crippen molar-refractivity contribution < 1.29 is 9.53 Å². The molecule has 0 aliphatic heterocycles. The van der Waals surface area contributed by atoms with Crippen molar-refractivity contribution in [2.45, 2.75) is 39.2 Å². The molecule has 1 unspecified atom stereocenters. The smallest absolute Gasteiger partial charge is 0.238 e. The van der Waals surface area contributed by atoms with E-state index < -0.39 is 11.9 Å². The van der Waals surface area contributed by atoms with Crippen LogP contribution in [0.15, 0.2) is 24.3 Å². The number of likely N-dealkylation sites (N-methyl/N-ethyl adjacent to an activating group) is 1. The zero-order chi connectivity index (χ0) is 14.5. The van der Waals surface area contributed by atoms with Crippen molar-refractivity contribution in [3.63, 3.8) is 0 Å². The molecule has 0 saturated carbocycles. The Bertz CT molecular complexity index is 424. The van der Waals surface area contributed by atoms with Crippen LogP contribution in [0.2, 0.25) is 0 Å². The molecule has 0 bridgehead atoms. The predicted molar refractivity (Wildman–Crippen MR) is 77.3 cm³/mol. The van der Waals surface area contributed by atoms with Gasteiger partial charge in [0, 0.05) is 0 Å². The normalized spacial score (nSPS) is 13.1. The molecule has 19 heavy (non-hydrogen) atoms. The van der Waals surface area contributed by atoms with Crippen molar-refractivity contribution in [2.24, 2.45) is 5.73 Å². The molecule has 0 spiro atoms. The van der Waals surface area contributed by atoms with Gasteiger partial charge in [0.1, 0.15) is 18.4 Å². The topological polar surface area (TPSA) is 64.3 Å². The Morgan fingerprint density at radius 3 is 2.63 bits per heavy atom. The first kappa shape index (κ1) is 15.5. The summed E-state index contributed by atoms with van der Waals surface area (Å²) in [7, 11) is 0. The van der Waals surface area contributed by atoms with Gasteiger partial charge >= 0.3 is 0 Å². The molecule has 1 atom stereocenters. The van der Waals surface area contributed by atoms with Gasteiger partial charge in [0.2, 0.25) is 5.91 Å². The highest BCUT2D eigenvalue weighted by atomic mass is 16.5. The number of rotatable bonds is 6. The lowest BCUT2D eigenvalue weighted by Gasteiger charge is -2.20. The highest BCUT2D eigenvalue weighted by molar-refractivity contribution is 5.80. The number of ether oxygens (including phenoxy) is 1. The number of carbonyl (C=O) groups is 1. The van der Waals surface area contributed by atoms with Crippen LogP contribution in [0.3, 0.4) is 0 Å². The van der Waals surface area contributed by atoms with Gasteiger partial charge in [0.05, 0.1) is 0 Å². The third-order valence-electron chi connectivity index (χ3n) is 2.91. The minimum Gasteiger partial charge on any atom is -0.491 e. The summed E-state index contributed by atoms with van der Waals surface area (Å²) in [5.41, 5.74) is 6.58. The summed E-state index contributed by atoms with van der Waals surface area (Å²) in [6, 6.07) is 7.47. The summed E-state index contributed by atoms with van der Waals surface area (Å²) in [5.74, 6) is 0.366. The van der Waals surface area contributed by atoms with E-state index in [1.165, 1.54) is 5.56 Å². The molecule has 4 heteroatoms. The number of benzene rings is 1. The molecule has 0 aromatic heterocycles. The minimum atomic E-state index is -0.455. The Balaban J connectivity index is 2.69. The second kappa shape index (κ2) is 6.57. The van der Waals surface area contributed by atoms with Crippen LogP contribution < -0.4 is 15.8 Å². The van der Waals surface area contributed by atoms with Crippen LogP contribution in [0, 0.1) is 0 Å². The zero-order valence-corrected chi connectivity index (χ0v) is 12.2. The van der Waals surface area contributed by atoms with Crippen molar-refractivity contribution in [2.75, 3.05) is 13.2 Å². The van der Waals surface area contributed by atoms with Gasteiger partial charge in [-0.2, -0.15) is 0 Å². The molecular formula is C15H24N2O2. The average Bonchev–Trinajstić information content (AvgIpc) is 2.33. The molecule has 0 saturated heterocycles. The molecule has 0 aliphatic rings. The third kappa shape index (κ3) is 4.91. The molecule has 106 valence electrons. The number of amides is 1. The number of hydrogen-bond donors (Lipinski definition) is 2. The van der Waals surface area contributed by atoms with E-state index in [4.69, 9.17) is 10.5 Å². The molecule has 3 N–H and O–H groups in total. The molecular weight excluding hydrogens is 240 g/mol. The van der Waals surface area contributed by atoms with Gasteiger partial charge in [-0.1, -0.05) is 39.8 Å². The molecule has 0 heterocycles. The summed E-state index contributed by atoms with van der Waals surface area (Å²) in [6.07, 6.45) is 0. The molecule has 1 rings (SSSR count). The maximum atomic E-state index is 11.2. The molecule has 1 aromatic rings. The van der Waals surface area contributed by atoms with Crippen LogP contribution in [0.5, 0.6) is 5.75 Å². The largest absolute Gasteiger partial charge is 0.491 e. The SMILES string of the molecule is CCNC(COc1cccc(C(C)(C)C)c1)C(N)=O. The number of carbonyl (C=O) groups excluding carboxylic acids is 1. The van der Waals surface area contributed by atoms with Gasteiger partial charge in [-0.05, 0) is 29.7 Å². The molecule has 0 fully saturated rings.